The average Bonchev–Trinajstić information content (AvgIpc) is 3.22. The fraction of sp³-hybridized carbons (Fsp3) is 0.591. The van der Waals surface area contributed by atoms with Crippen molar-refractivity contribution in [2.24, 2.45) is 17.8 Å². The highest BCUT2D eigenvalue weighted by Gasteiger charge is 2.79. The lowest BCUT2D eigenvalue weighted by molar-refractivity contribution is -0.146. The average molecular weight is 450 g/mol. The van der Waals surface area contributed by atoms with Gasteiger partial charge >= 0.3 is 0 Å². The van der Waals surface area contributed by atoms with E-state index in [4.69, 9.17) is 16.3 Å². The summed E-state index contributed by atoms with van der Waals surface area (Å²) in [5, 5.41) is 15.5. The molecule has 1 aromatic carbocycles. The predicted octanol–water partition coefficient (Wildman–Crippen LogP) is 1.34. The van der Waals surface area contributed by atoms with E-state index in [1.54, 1.807) is 12.1 Å². The molecule has 0 aromatic heterocycles. The van der Waals surface area contributed by atoms with Gasteiger partial charge in [-0.3, -0.25) is 14.4 Å². The number of nitrogens with zero attached hydrogens (tertiary/aromatic N) is 1. The number of benzene rings is 1. The van der Waals surface area contributed by atoms with Crippen LogP contribution in [0.4, 0.5) is 5.69 Å². The molecule has 3 N–H and O–H groups in total. The molecule has 0 aliphatic carbocycles. The molecular weight excluding hydrogens is 422 g/mol. The summed E-state index contributed by atoms with van der Waals surface area (Å²) in [6.45, 7) is 5.33. The number of carbonyl (C=O) groups excluding carboxylic acids is 3. The molecule has 31 heavy (non-hydrogen) atoms. The molecule has 9 heteroatoms. The number of ether oxygens (including phenoxy) is 1. The SMILES string of the molecule is CNC(=O)[C@@H]1[C@H]2C(=O)N(CCO)C(C(=O)Nc3c(C)cccc3Cl)C23CC(C)[C@@]1(C)O3. The predicted molar refractivity (Wildman–Crippen MR) is 114 cm³/mol. The van der Waals surface area contributed by atoms with Crippen LogP contribution in [0, 0.1) is 24.7 Å². The van der Waals surface area contributed by atoms with Crippen molar-refractivity contribution < 1.29 is 24.2 Å². The largest absolute Gasteiger partial charge is 0.395 e. The number of rotatable bonds is 5. The van der Waals surface area contributed by atoms with E-state index in [1.807, 2.05) is 26.8 Å². The number of hydrogen-bond donors (Lipinski definition) is 3. The van der Waals surface area contributed by atoms with Gasteiger partial charge in [0.15, 0.2) is 0 Å². The number of hydrogen-bond acceptors (Lipinski definition) is 5. The van der Waals surface area contributed by atoms with Crippen LogP contribution in [0.2, 0.25) is 5.02 Å². The third-order valence-electron chi connectivity index (χ3n) is 7.40. The van der Waals surface area contributed by atoms with Crippen LogP contribution in [0.15, 0.2) is 18.2 Å². The Balaban J connectivity index is 1.79. The Morgan fingerprint density at radius 1 is 1.35 bits per heavy atom. The standard InChI is InChI=1S/C22H28ClN3O5/c1-11-6-5-7-13(23)16(11)25-19(29)17-22-10-12(2)21(3,31-22)14(18(28)24-4)15(22)20(30)26(17)8-9-27/h5-7,12,14-15,17,27H,8-10H2,1-4H3,(H,24,28)(H,25,29)/t12?,14-,15-,17?,21+,22?/m0/s1. The van der Waals surface area contributed by atoms with E-state index >= 15 is 0 Å². The number of aryl methyl sites for hydroxylation is 1. The molecule has 0 saturated carbocycles. The van der Waals surface area contributed by atoms with E-state index in [2.05, 4.69) is 10.6 Å². The van der Waals surface area contributed by atoms with Crippen LogP contribution in [0.3, 0.4) is 0 Å². The normalized spacial score (nSPS) is 35.9. The van der Waals surface area contributed by atoms with Gasteiger partial charge in [-0.25, -0.2) is 0 Å². The summed E-state index contributed by atoms with van der Waals surface area (Å²) in [5.74, 6) is -2.59. The molecule has 3 aliphatic rings. The van der Waals surface area contributed by atoms with Crippen LogP contribution in [-0.4, -0.2) is 65.2 Å². The van der Waals surface area contributed by atoms with Crippen molar-refractivity contribution in [3.8, 4) is 0 Å². The number of anilines is 1. The number of β-amino-alcohol motifs (C(OH)–C–C–N with tert-alkyl or cyclic N) is 1. The Labute approximate surface area is 186 Å². The molecule has 4 rings (SSSR count). The smallest absolute Gasteiger partial charge is 0.250 e. The summed E-state index contributed by atoms with van der Waals surface area (Å²) in [6.07, 6.45) is 0.467. The van der Waals surface area contributed by atoms with Crippen LogP contribution >= 0.6 is 11.6 Å². The van der Waals surface area contributed by atoms with Crippen molar-refractivity contribution in [2.75, 3.05) is 25.5 Å². The molecular formula is C22H28ClN3O5. The first-order valence-corrected chi connectivity index (χ1v) is 10.9. The van der Waals surface area contributed by atoms with E-state index in [0.717, 1.165) is 5.56 Å². The molecule has 1 spiro atoms. The third-order valence-corrected chi connectivity index (χ3v) is 7.72. The first kappa shape index (κ1) is 22.0. The summed E-state index contributed by atoms with van der Waals surface area (Å²) in [7, 11) is 1.53. The van der Waals surface area contributed by atoms with Gasteiger partial charge in [0.25, 0.3) is 0 Å². The van der Waals surface area contributed by atoms with Crippen LogP contribution in [0.5, 0.6) is 0 Å². The quantitative estimate of drug-likeness (QED) is 0.628. The molecule has 3 saturated heterocycles. The Morgan fingerprint density at radius 2 is 2.06 bits per heavy atom. The van der Waals surface area contributed by atoms with E-state index < -0.39 is 35.0 Å². The van der Waals surface area contributed by atoms with Crippen LogP contribution in [0.1, 0.15) is 25.8 Å². The zero-order valence-corrected chi connectivity index (χ0v) is 18.8. The monoisotopic (exact) mass is 449 g/mol. The lowest BCUT2D eigenvalue weighted by atomic mass is 9.62. The Morgan fingerprint density at radius 3 is 2.68 bits per heavy atom. The Bertz CT molecular complexity index is 935. The minimum atomic E-state index is -1.14. The molecule has 3 fully saturated rings. The van der Waals surface area contributed by atoms with Gasteiger partial charge in [-0.1, -0.05) is 30.7 Å². The highest BCUT2D eigenvalue weighted by Crippen LogP contribution is 2.65. The van der Waals surface area contributed by atoms with Gasteiger partial charge in [-0.15, -0.1) is 0 Å². The summed E-state index contributed by atoms with van der Waals surface area (Å²) in [4.78, 5) is 41.3. The van der Waals surface area contributed by atoms with Crippen molar-refractivity contribution in [1.29, 1.82) is 0 Å². The molecule has 8 nitrogen and oxygen atoms in total. The van der Waals surface area contributed by atoms with Gasteiger partial charge in [0.2, 0.25) is 17.7 Å². The molecule has 6 atom stereocenters. The Hall–Kier alpha value is -2.16. The highest BCUT2D eigenvalue weighted by atomic mass is 35.5. The number of carbonyl (C=O) groups is 3. The van der Waals surface area contributed by atoms with E-state index in [1.165, 1.54) is 11.9 Å². The van der Waals surface area contributed by atoms with E-state index in [0.29, 0.717) is 17.1 Å². The van der Waals surface area contributed by atoms with Gasteiger partial charge in [-0.2, -0.15) is 0 Å². The molecule has 3 heterocycles. The minimum absolute atomic E-state index is 0.0222. The van der Waals surface area contributed by atoms with Gasteiger partial charge in [0.1, 0.15) is 11.6 Å². The second kappa shape index (κ2) is 7.46. The number of nitrogens with one attached hydrogen (secondary N) is 2. The van der Waals surface area contributed by atoms with Crippen molar-refractivity contribution in [1.82, 2.24) is 10.2 Å². The second-order valence-corrected chi connectivity index (χ2v) is 9.40. The zero-order chi connectivity index (χ0) is 22.7. The fourth-order valence-electron chi connectivity index (χ4n) is 5.92. The van der Waals surface area contributed by atoms with Gasteiger partial charge in [0.05, 0.1) is 34.8 Å². The maximum atomic E-state index is 13.6. The van der Waals surface area contributed by atoms with E-state index in [9.17, 15) is 19.5 Å². The van der Waals surface area contributed by atoms with Gasteiger partial charge in [-0.05, 0) is 37.8 Å². The zero-order valence-electron chi connectivity index (χ0n) is 18.1. The molecule has 0 radical (unpaired) electrons. The first-order valence-electron chi connectivity index (χ1n) is 10.5. The van der Waals surface area contributed by atoms with Crippen molar-refractivity contribution in [3.05, 3.63) is 28.8 Å². The third kappa shape index (κ3) is 2.92. The molecule has 3 amide bonds. The highest BCUT2D eigenvalue weighted by molar-refractivity contribution is 6.34. The minimum Gasteiger partial charge on any atom is -0.395 e. The van der Waals surface area contributed by atoms with Crippen LogP contribution < -0.4 is 10.6 Å². The summed E-state index contributed by atoms with van der Waals surface area (Å²) < 4.78 is 6.50. The second-order valence-electron chi connectivity index (χ2n) is 8.99. The van der Waals surface area contributed by atoms with Crippen LogP contribution in [0.25, 0.3) is 0 Å². The van der Waals surface area contributed by atoms with Gasteiger partial charge in [0, 0.05) is 13.6 Å². The Kier molecular flexibility index (Phi) is 5.31. The fourth-order valence-corrected chi connectivity index (χ4v) is 6.19. The summed E-state index contributed by atoms with van der Waals surface area (Å²) in [6, 6.07) is 4.32. The van der Waals surface area contributed by atoms with Crippen molar-refractivity contribution in [2.45, 2.75) is 44.4 Å². The maximum absolute atomic E-state index is 13.6. The first-order chi connectivity index (χ1) is 14.6. The number of halogens is 1. The lowest BCUT2D eigenvalue weighted by Crippen LogP contribution is -2.54. The molecule has 1 aromatic rings. The number of aliphatic hydroxyl groups excluding tert-OH is 1. The number of amides is 3. The summed E-state index contributed by atoms with van der Waals surface area (Å²) in [5.41, 5.74) is -0.741. The maximum Gasteiger partial charge on any atom is 0.250 e. The molecule has 3 unspecified atom stereocenters. The number of fused-ring (bicyclic) bond motifs is 1. The molecule has 168 valence electrons. The van der Waals surface area contributed by atoms with Gasteiger partial charge < -0.3 is 25.4 Å². The number of para-hydroxylation sites is 1. The van der Waals surface area contributed by atoms with Crippen molar-refractivity contribution >= 4 is 35.0 Å². The lowest BCUT2D eigenvalue weighted by Gasteiger charge is -2.36. The molecule has 3 aliphatic heterocycles. The summed E-state index contributed by atoms with van der Waals surface area (Å²) >= 11 is 6.30. The van der Waals surface area contributed by atoms with Crippen molar-refractivity contribution in [3.63, 3.8) is 0 Å². The van der Waals surface area contributed by atoms with E-state index in [-0.39, 0.29) is 30.9 Å². The molecule has 2 bridgehead atoms. The topological polar surface area (TPSA) is 108 Å². The number of aliphatic hydroxyl groups is 1. The van der Waals surface area contributed by atoms with Crippen LogP contribution in [-0.2, 0) is 19.1 Å². The number of likely N-dealkylation sites (tertiary alicyclic amines) is 1.